The SMILES string of the molecule is O=C1CC(NCc2ccc(Br)c3cccnc23)CN1. The van der Waals surface area contributed by atoms with Crippen LogP contribution in [0.15, 0.2) is 34.9 Å². The predicted molar refractivity (Wildman–Crippen MR) is 77.7 cm³/mol. The van der Waals surface area contributed by atoms with Gasteiger partial charge < -0.3 is 10.6 Å². The number of benzene rings is 1. The van der Waals surface area contributed by atoms with E-state index >= 15 is 0 Å². The Labute approximate surface area is 119 Å². The van der Waals surface area contributed by atoms with Gasteiger partial charge >= 0.3 is 0 Å². The number of carbonyl (C=O) groups is 1. The van der Waals surface area contributed by atoms with E-state index in [2.05, 4.69) is 43.7 Å². The molecule has 0 spiro atoms. The van der Waals surface area contributed by atoms with Crippen molar-refractivity contribution in [2.24, 2.45) is 0 Å². The third kappa shape index (κ3) is 2.62. The van der Waals surface area contributed by atoms with Gasteiger partial charge in [0, 0.05) is 41.6 Å². The van der Waals surface area contributed by atoms with E-state index in [0.29, 0.717) is 13.0 Å². The number of hydrogen-bond acceptors (Lipinski definition) is 3. The summed E-state index contributed by atoms with van der Waals surface area (Å²) in [6.45, 7) is 1.43. The van der Waals surface area contributed by atoms with Gasteiger partial charge in [-0.05, 0) is 17.7 Å². The number of aromatic nitrogens is 1. The van der Waals surface area contributed by atoms with E-state index in [9.17, 15) is 4.79 Å². The van der Waals surface area contributed by atoms with Crippen LogP contribution < -0.4 is 10.6 Å². The molecule has 98 valence electrons. The molecular weight excluding hydrogens is 306 g/mol. The van der Waals surface area contributed by atoms with E-state index in [4.69, 9.17) is 0 Å². The summed E-state index contributed by atoms with van der Waals surface area (Å²) in [5.74, 6) is 0.122. The van der Waals surface area contributed by atoms with Crippen LogP contribution >= 0.6 is 15.9 Å². The molecule has 5 heteroatoms. The molecule has 0 aliphatic carbocycles. The van der Waals surface area contributed by atoms with Crippen molar-refractivity contribution in [3.63, 3.8) is 0 Å². The van der Waals surface area contributed by atoms with E-state index in [1.54, 1.807) is 6.20 Å². The van der Waals surface area contributed by atoms with Crippen molar-refractivity contribution in [1.29, 1.82) is 0 Å². The minimum atomic E-state index is 0.122. The van der Waals surface area contributed by atoms with Crippen LogP contribution in [0.1, 0.15) is 12.0 Å². The molecule has 1 aromatic heterocycles. The van der Waals surface area contributed by atoms with Crippen LogP contribution in [-0.4, -0.2) is 23.5 Å². The molecule has 4 nitrogen and oxygen atoms in total. The molecule has 1 amide bonds. The van der Waals surface area contributed by atoms with Crippen molar-refractivity contribution in [2.75, 3.05) is 6.54 Å². The highest BCUT2D eigenvalue weighted by Gasteiger charge is 2.20. The molecule has 0 bridgehead atoms. The Morgan fingerprint density at radius 3 is 3.11 bits per heavy atom. The molecular formula is C14H14BrN3O. The lowest BCUT2D eigenvalue weighted by Crippen LogP contribution is -2.30. The molecule has 0 saturated carbocycles. The summed E-state index contributed by atoms with van der Waals surface area (Å²) < 4.78 is 1.05. The van der Waals surface area contributed by atoms with E-state index in [0.717, 1.165) is 27.5 Å². The van der Waals surface area contributed by atoms with Gasteiger partial charge in [-0.1, -0.05) is 28.1 Å². The van der Waals surface area contributed by atoms with Crippen molar-refractivity contribution in [3.05, 3.63) is 40.5 Å². The molecule has 1 fully saturated rings. The molecule has 3 rings (SSSR count). The van der Waals surface area contributed by atoms with Gasteiger partial charge in [-0.3, -0.25) is 9.78 Å². The fourth-order valence-electron chi connectivity index (χ4n) is 2.34. The third-order valence-corrected chi connectivity index (χ3v) is 4.05. The Bertz CT molecular complexity index is 629. The summed E-state index contributed by atoms with van der Waals surface area (Å²) in [6.07, 6.45) is 2.36. The largest absolute Gasteiger partial charge is 0.354 e. The van der Waals surface area contributed by atoms with Crippen LogP contribution in [0, 0.1) is 0 Å². The summed E-state index contributed by atoms with van der Waals surface area (Å²) in [7, 11) is 0. The standard InChI is InChI=1S/C14H14BrN3O/c15-12-4-3-9(14-11(12)2-1-5-16-14)7-17-10-6-13(19)18-8-10/h1-5,10,17H,6-8H2,(H,18,19). The summed E-state index contributed by atoms with van der Waals surface area (Å²) in [4.78, 5) is 15.6. The quantitative estimate of drug-likeness (QED) is 0.909. The first-order valence-electron chi connectivity index (χ1n) is 6.26. The van der Waals surface area contributed by atoms with Gasteiger partial charge in [0.05, 0.1) is 5.52 Å². The lowest BCUT2D eigenvalue weighted by atomic mass is 10.1. The Kier molecular flexibility index (Phi) is 3.48. The molecule has 1 aromatic carbocycles. The normalized spacial score (nSPS) is 18.8. The maximum absolute atomic E-state index is 11.2. The number of nitrogens with zero attached hydrogens (tertiary/aromatic N) is 1. The molecule has 19 heavy (non-hydrogen) atoms. The Morgan fingerprint density at radius 2 is 2.32 bits per heavy atom. The zero-order chi connectivity index (χ0) is 13.2. The number of carbonyl (C=O) groups excluding carboxylic acids is 1. The van der Waals surface area contributed by atoms with Crippen molar-refractivity contribution >= 4 is 32.7 Å². The fraction of sp³-hybridized carbons (Fsp3) is 0.286. The van der Waals surface area contributed by atoms with Gasteiger partial charge in [0.2, 0.25) is 5.91 Å². The summed E-state index contributed by atoms with van der Waals surface area (Å²) >= 11 is 3.54. The van der Waals surface area contributed by atoms with Crippen molar-refractivity contribution in [2.45, 2.75) is 19.0 Å². The average molecular weight is 320 g/mol. The lowest BCUT2D eigenvalue weighted by Gasteiger charge is -2.12. The molecule has 1 saturated heterocycles. The topological polar surface area (TPSA) is 54.0 Å². The molecule has 1 atom stereocenters. The molecule has 2 heterocycles. The first kappa shape index (κ1) is 12.6. The zero-order valence-corrected chi connectivity index (χ0v) is 11.9. The zero-order valence-electron chi connectivity index (χ0n) is 10.3. The highest BCUT2D eigenvalue weighted by molar-refractivity contribution is 9.10. The maximum atomic E-state index is 11.2. The second kappa shape index (κ2) is 5.27. The van der Waals surface area contributed by atoms with Gasteiger partial charge in [-0.25, -0.2) is 0 Å². The molecule has 1 aliphatic rings. The van der Waals surface area contributed by atoms with Gasteiger partial charge in [0.25, 0.3) is 0 Å². The van der Waals surface area contributed by atoms with Crippen LogP contribution in [0.25, 0.3) is 10.9 Å². The molecule has 2 aromatic rings. The smallest absolute Gasteiger partial charge is 0.221 e. The Hall–Kier alpha value is -1.46. The van der Waals surface area contributed by atoms with Crippen LogP contribution in [0.4, 0.5) is 0 Å². The molecule has 1 aliphatic heterocycles. The number of pyridine rings is 1. The van der Waals surface area contributed by atoms with E-state index < -0.39 is 0 Å². The number of halogens is 1. The van der Waals surface area contributed by atoms with Crippen LogP contribution in [0.3, 0.4) is 0 Å². The van der Waals surface area contributed by atoms with Crippen molar-refractivity contribution in [3.8, 4) is 0 Å². The first-order chi connectivity index (χ1) is 9.24. The number of amides is 1. The highest BCUT2D eigenvalue weighted by atomic mass is 79.9. The maximum Gasteiger partial charge on any atom is 0.221 e. The van der Waals surface area contributed by atoms with Gasteiger partial charge in [-0.2, -0.15) is 0 Å². The van der Waals surface area contributed by atoms with Crippen LogP contribution in [0.5, 0.6) is 0 Å². The fourth-order valence-corrected chi connectivity index (χ4v) is 2.79. The minimum Gasteiger partial charge on any atom is -0.354 e. The molecule has 1 unspecified atom stereocenters. The number of hydrogen-bond donors (Lipinski definition) is 2. The molecule has 2 N–H and O–H groups in total. The van der Waals surface area contributed by atoms with Crippen molar-refractivity contribution < 1.29 is 4.79 Å². The first-order valence-corrected chi connectivity index (χ1v) is 7.05. The van der Waals surface area contributed by atoms with E-state index in [1.807, 2.05) is 12.1 Å². The van der Waals surface area contributed by atoms with Crippen LogP contribution in [0.2, 0.25) is 0 Å². The Balaban J connectivity index is 1.81. The van der Waals surface area contributed by atoms with E-state index in [-0.39, 0.29) is 11.9 Å². The lowest BCUT2D eigenvalue weighted by molar-refractivity contribution is -0.119. The van der Waals surface area contributed by atoms with Gasteiger partial charge in [0.1, 0.15) is 0 Å². The number of fused-ring (bicyclic) bond motifs is 1. The average Bonchev–Trinajstić information content (AvgIpc) is 2.84. The second-order valence-electron chi connectivity index (χ2n) is 4.69. The number of nitrogens with one attached hydrogen (secondary N) is 2. The van der Waals surface area contributed by atoms with E-state index in [1.165, 1.54) is 0 Å². The highest BCUT2D eigenvalue weighted by Crippen LogP contribution is 2.25. The summed E-state index contributed by atoms with van der Waals surface area (Å²) in [5, 5.41) is 7.34. The van der Waals surface area contributed by atoms with Crippen LogP contribution in [-0.2, 0) is 11.3 Å². The van der Waals surface area contributed by atoms with Gasteiger partial charge in [0.15, 0.2) is 0 Å². The second-order valence-corrected chi connectivity index (χ2v) is 5.55. The molecule has 0 radical (unpaired) electrons. The third-order valence-electron chi connectivity index (χ3n) is 3.36. The summed E-state index contributed by atoms with van der Waals surface area (Å²) in [6, 6.07) is 8.31. The number of rotatable bonds is 3. The van der Waals surface area contributed by atoms with Crippen molar-refractivity contribution in [1.82, 2.24) is 15.6 Å². The minimum absolute atomic E-state index is 0.122. The monoisotopic (exact) mass is 319 g/mol. The predicted octanol–water partition coefficient (Wildman–Crippen LogP) is 1.98. The van der Waals surface area contributed by atoms with Gasteiger partial charge in [-0.15, -0.1) is 0 Å². The Morgan fingerprint density at radius 1 is 1.42 bits per heavy atom. The summed E-state index contributed by atoms with van der Waals surface area (Å²) in [5.41, 5.74) is 2.15.